The van der Waals surface area contributed by atoms with Crippen molar-refractivity contribution in [2.75, 3.05) is 19.6 Å². The Morgan fingerprint density at radius 3 is 2.74 bits per heavy atom. The van der Waals surface area contributed by atoms with Gasteiger partial charge in [-0.2, -0.15) is 0 Å². The van der Waals surface area contributed by atoms with Crippen molar-refractivity contribution in [2.45, 2.75) is 25.9 Å². The molecule has 0 spiro atoms. The maximum absolute atomic E-state index is 11.5. The Balaban J connectivity index is 1.57. The van der Waals surface area contributed by atoms with Crippen molar-refractivity contribution < 1.29 is 14.8 Å². The first-order chi connectivity index (χ1) is 9.34. The summed E-state index contributed by atoms with van der Waals surface area (Å²) in [5.74, 6) is 0.763. The van der Waals surface area contributed by atoms with E-state index < -0.39 is 0 Å². The predicted octanol–water partition coefficient (Wildman–Crippen LogP) is 1.28. The Kier molecular flexibility index (Phi) is 5.69. The molecule has 0 bridgehead atoms. The molecule has 1 aromatic rings. The Morgan fingerprint density at radius 1 is 1.26 bits per heavy atom. The van der Waals surface area contributed by atoms with Crippen LogP contribution in [0.1, 0.15) is 24.8 Å². The zero-order valence-corrected chi connectivity index (χ0v) is 11.3. The molecular formula is C15H23N2O2+. The van der Waals surface area contributed by atoms with E-state index in [9.17, 15) is 4.79 Å². The Labute approximate surface area is 114 Å². The van der Waals surface area contributed by atoms with Crippen molar-refractivity contribution in [1.82, 2.24) is 5.32 Å². The van der Waals surface area contributed by atoms with Gasteiger partial charge >= 0.3 is 6.09 Å². The van der Waals surface area contributed by atoms with E-state index in [4.69, 9.17) is 4.74 Å². The highest BCUT2D eigenvalue weighted by Gasteiger charge is 2.15. The molecular weight excluding hydrogens is 240 g/mol. The summed E-state index contributed by atoms with van der Waals surface area (Å²) in [6.07, 6.45) is 3.28. The number of carbonyl (C=O) groups is 1. The number of carbonyl (C=O) groups excluding carboxylic acids is 1. The number of piperidine rings is 1. The Morgan fingerprint density at radius 2 is 2.00 bits per heavy atom. The molecule has 2 rings (SSSR count). The van der Waals surface area contributed by atoms with Crippen LogP contribution in [0.5, 0.6) is 0 Å². The van der Waals surface area contributed by atoms with E-state index in [2.05, 4.69) is 10.6 Å². The highest BCUT2D eigenvalue weighted by atomic mass is 16.5. The molecule has 1 heterocycles. The van der Waals surface area contributed by atoms with Crippen LogP contribution in [-0.4, -0.2) is 25.7 Å². The smallest absolute Gasteiger partial charge is 0.407 e. The van der Waals surface area contributed by atoms with Crippen LogP contribution in [0.25, 0.3) is 0 Å². The van der Waals surface area contributed by atoms with Gasteiger partial charge < -0.3 is 15.4 Å². The molecule has 1 amide bonds. The summed E-state index contributed by atoms with van der Waals surface area (Å²) in [6, 6.07) is 9.73. The number of nitrogens with two attached hydrogens (primary N) is 1. The van der Waals surface area contributed by atoms with Crippen molar-refractivity contribution in [3.8, 4) is 0 Å². The topological polar surface area (TPSA) is 54.9 Å². The van der Waals surface area contributed by atoms with Crippen LogP contribution in [0.15, 0.2) is 30.3 Å². The van der Waals surface area contributed by atoms with E-state index in [0.29, 0.717) is 6.61 Å². The summed E-state index contributed by atoms with van der Waals surface area (Å²) in [7, 11) is 0. The normalized spacial score (nSPS) is 16.0. The lowest BCUT2D eigenvalue weighted by Crippen LogP contribution is -2.86. The lowest BCUT2D eigenvalue weighted by molar-refractivity contribution is -0.664. The number of nitrogens with one attached hydrogen (secondary N) is 1. The SMILES string of the molecule is O=C(NCCC1CC[NH2+]CC1)OCc1ccccc1. The molecule has 0 atom stereocenters. The molecule has 0 aliphatic carbocycles. The van der Waals surface area contributed by atoms with Gasteiger partial charge in [-0.15, -0.1) is 0 Å². The largest absolute Gasteiger partial charge is 0.445 e. The molecule has 3 N–H and O–H groups in total. The van der Waals surface area contributed by atoms with Crippen LogP contribution in [0.4, 0.5) is 4.79 Å². The standard InChI is InChI=1S/C15H22N2O2/c18-15(19-12-14-4-2-1-3-5-14)17-11-8-13-6-9-16-10-7-13/h1-5,13,16H,6-12H2,(H,17,18)/p+1. The fourth-order valence-corrected chi connectivity index (χ4v) is 2.44. The first-order valence-corrected chi connectivity index (χ1v) is 7.11. The van der Waals surface area contributed by atoms with E-state index in [-0.39, 0.29) is 6.09 Å². The molecule has 0 unspecified atom stereocenters. The van der Waals surface area contributed by atoms with E-state index in [1.807, 2.05) is 30.3 Å². The fourth-order valence-electron chi connectivity index (χ4n) is 2.44. The molecule has 1 saturated heterocycles. The van der Waals surface area contributed by atoms with Crippen LogP contribution >= 0.6 is 0 Å². The third-order valence-electron chi connectivity index (χ3n) is 3.59. The molecule has 1 aliphatic heterocycles. The number of hydrogen-bond donors (Lipinski definition) is 2. The average Bonchev–Trinajstić information content (AvgIpc) is 2.47. The van der Waals surface area contributed by atoms with Gasteiger partial charge in [-0.25, -0.2) is 4.79 Å². The lowest BCUT2D eigenvalue weighted by atomic mass is 9.95. The van der Waals surface area contributed by atoms with E-state index in [1.165, 1.54) is 25.9 Å². The van der Waals surface area contributed by atoms with Gasteiger partial charge in [0, 0.05) is 6.54 Å². The van der Waals surface area contributed by atoms with Crippen LogP contribution in [0.3, 0.4) is 0 Å². The third-order valence-corrected chi connectivity index (χ3v) is 3.59. The Hall–Kier alpha value is -1.55. The van der Waals surface area contributed by atoms with Crippen molar-refractivity contribution in [1.29, 1.82) is 0 Å². The molecule has 19 heavy (non-hydrogen) atoms. The second kappa shape index (κ2) is 7.79. The molecule has 0 aromatic heterocycles. The van der Waals surface area contributed by atoms with E-state index in [0.717, 1.165) is 24.4 Å². The molecule has 1 fully saturated rings. The maximum Gasteiger partial charge on any atom is 0.407 e. The maximum atomic E-state index is 11.5. The average molecular weight is 263 g/mol. The molecule has 0 radical (unpaired) electrons. The third kappa shape index (κ3) is 5.30. The number of hydrogen-bond acceptors (Lipinski definition) is 2. The number of ether oxygens (including phenoxy) is 1. The van der Waals surface area contributed by atoms with Crippen LogP contribution in [0.2, 0.25) is 0 Å². The molecule has 104 valence electrons. The van der Waals surface area contributed by atoms with Crippen molar-refractivity contribution in [3.05, 3.63) is 35.9 Å². The first kappa shape index (κ1) is 13.9. The lowest BCUT2D eigenvalue weighted by Gasteiger charge is -2.20. The molecule has 1 aromatic carbocycles. The summed E-state index contributed by atoms with van der Waals surface area (Å²) in [5.41, 5.74) is 1.01. The van der Waals surface area contributed by atoms with Gasteiger partial charge in [-0.3, -0.25) is 0 Å². The monoisotopic (exact) mass is 263 g/mol. The summed E-state index contributed by atoms with van der Waals surface area (Å²) in [6.45, 7) is 3.51. The highest BCUT2D eigenvalue weighted by Crippen LogP contribution is 2.12. The van der Waals surface area contributed by atoms with Crippen LogP contribution in [0, 0.1) is 5.92 Å². The second-order valence-corrected chi connectivity index (χ2v) is 5.09. The zero-order valence-electron chi connectivity index (χ0n) is 11.3. The summed E-state index contributed by atoms with van der Waals surface area (Å²) in [4.78, 5) is 11.5. The highest BCUT2D eigenvalue weighted by molar-refractivity contribution is 5.67. The first-order valence-electron chi connectivity index (χ1n) is 7.11. The summed E-state index contributed by atoms with van der Waals surface area (Å²) >= 11 is 0. The summed E-state index contributed by atoms with van der Waals surface area (Å²) in [5, 5.41) is 5.19. The molecule has 4 heteroatoms. The van der Waals surface area contributed by atoms with Gasteiger partial charge in [0.05, 0.1) is 13.1 Å². The molecule has 1 aliphatic rings. The van der Waals surface area contributed by atoms with Gasteiger partial charge in [0.15, 0.2) is 0 Å². The Bertz CT molecular complexity index is 375. The molecule has 4 nitrogen and oxygen atoms in total. The predicted molar refractivity (Wildman–Crippen MR) is 73.6 cm³/mol. The minimum Gasteiger partial charge on any atom is -0.445 e. The van der Waals surface area contributed by atoms with Gasteiger partial charge in [0.1, 0.15) is 6.61 Å². The quantitative estimate of drug-likeness (QED) is 0.840. The minimum absolute atomic E-state index is 0.314. The summed E-state index contributed by atoms with van der Waals surface area (Å²) < 4.78 is 5.16. The minimum atomic E-state index is -0.314. The number of quaternary nitrogens is 1. The van der Waals surface area contributed by atoms with Crippen molar-refractivity contribution >= 4 is 6.09 Å². The van der Waals surface area contributed by atoms with E-state index in [1.54, 1.807) is 0 Å². The zero-order chi connectivity index (χ0) is 13.3. The van der Waals surface area contributed by atoms with Crippen LogP contribution < -0.4 is 10.6 Å². The number of benzene rings is 1. The number of alkyl carbamates (subject to hydrolysis) is 1. The fraction of sp³-hybridized carbons (Fsp3) is 0.533. The van der Waals surface area contributed by atoms with Crippen LogP contribution in [-0.2, 0) is 11.3 Å². The van der Waals surface area contributed by atoms with E-state index >= 15 is 0 Å². The number of rotatable bonds is 5. The van der Waals surface area contributed by atoms with Crippen molar-refractivity contribution in [2.24, 2.45) is 5.92 Å². The van der Waals surface area contributed by atoms with Gasteiger partial charge in [0.25, 0.3) is 0 Å². The van der Waals surface area contributed by atoms with Gasteiger partial charge in [-0.05, 0) is 30.7 Å². The van der Waals surface area contributed by atoms with Crippen molar-refractivity contribution in [3.63, 3.8) is 0 Å². The molecule has 0 saturated carbocycles. The van der Waals surface area contributed by atoms with Gasteiger partial charge in [0.2, 0.25) is 0 Å². The number of amides is 1. The second-order valence-electron chi connectivity index (χ2n) is 5.09. The van der Waals surface area contributed by atoms with Gasteiger partial charge in [-0.1, -0.05) is 30.3 Å².